The maximum Gasteiger partial charge on any atom is 0.286 e. The first kappa shape index (κ1) is 24.7. The molecule has 1 aromatic carbocycles. The van der Waals surface area contributed by atoms with E-state index < -0.39 is 17.6 Å². The molecule has 14 heteroatoms. The maximum absolute atomic E-state index is 15.0. The van der Waals surface area contributed by atoms with E-state index >= 15 is 0 Å². The van der Waals surface area contributed by atoms with Crippen LogP contribution in [0.1, 0.15) is 34.6 Å². The van der Waals surface area contributed by atoms with Gasteiger partial charge in [0.2, 0.25) is 5.82 Å². The third-order valence-electron chi connectivity index (χ3n) is 5.96. The molecule has 5 rings (SSSR count). The van der Waals surface area contributed by atoms with Crippen LogP contribution in [0.5, 0.6) is 0 Å². The van der Waals surface area contributed by atoms with Crippen molar-refractivity contribution in [3.05, 3.63) is 83.3 Å². The fourth-order valence-electron chi connectivity index (χ4n) is 4.08. The lowest BCUT2D eigenvalue weighted by Crippen LogP contribution is -2.40. The number of primary amides is 1. The third kappa shape index (κ3) is 4.70. The number of halogens is 2. The second-order valence-corrected chi connectivity index (χ2v) is 8.35. The lowest BCUT2D eigenvalue weighted by atomic mass is 10.2. The van der Waals surface area contributed by atoms with Crippen molar-refractivity contribution in [1.29, 1.82) is 5.41 Å². The number of allylic oxidation sites excluding steroid dienone is 1. The molecule has 0 spiro atoms. The molecular weight excluding hydrogens is 498 g/mol. The van der Waals surface area contributed by atoms with E-state index in [0.717, 1.165) is 0 Å². The number of carbonyl (C=O) groups is 1. The average Bonchev–Trinajstić information content (AvgIpc) is 3.67. The fourth-order valence-corrected chi connectivity index (χ4v) is 4.08. The lowest BCUT2D eigenvalue weighted by molar-refractivity contribution is 0.0984. The molecule has 3 aromatic heterocycles. The molecule has 38 heavy (non-hydrogen) atoms. The van der Waals surface area contributed by atoms with Crippen molar-refractivity contribution < 1.29 is 18.1 Å². The van der Waals surface area contributed by atoms with Crippen LogP contribution in [0.15, 0.2) is 64.1 Å². The minimum absolute atomic E-state index is 0.0261. The molecule has 0 bridgehead atoms. The summed E-state index contributed by atoms with van der Waals surface area (Å²) in [5, 5.41) is 24.8. The van der Waals surface area contributed by atoms with E-state index in [4.69, 9.17) is 15.7 Å². The van der Waals surface area contributed by atoms with E-state index in [2.05, 4.69) is 25.4 Å². The Balaban J connectivity index is 1.48. The third-order valence-corrected chi connectivity index (χ3v) is 5.96. The van der Waals surface area contributed by atoms with Crippen LogP contribution in [0, 0.1) is 11.2 Å². The van der Waals surface area contributed by atoms with Crippen LogP contribution in [0.2, 0.25) is 0 Å². The largest absolute Gasteiger partial charge is 0.364 e. The summed E-state index contributed by atoms with van der Waals surface area (Å²) in [7, 11) is 0. The highest BCUT2D eigenvalue weighted by Crippen LogP contribution is 2.22. The van der Waals surface area contributed by atoms with Gasteiger partial charge in [0, 0.05) is 24.7 Å². The Morgan fingerprint density at radius 1 is 1.26 bits per heavy atom. The summed E-state index contributed by atoms with van der Waals surface area (Å²) in [6.07, 6.45) is 2.62. The quantitative estimate of drug-likeness (QED) is 0.292. The van der Waals surface area contributed by atoms with Gasteiger partial charge in [0.25, 0.3) is 5.91 Å². The predicted octanol–water partition coefficient (Wildman–Crippen LogP) is 2.53. The molecular formula is C24H22F2N10O2. The molecule has 0 atom stereocenters. The minimum atomic E-state index is -0.707. The van der Waals surface area contributed by atoms with Gasteiger partial charge < -0.3 is 19.7 Å². The number of carbonyl (C=O) groups excluding carboxylic acids is 1. The molecule has 0 fully saturated rings. The second-order valence-electron chi connectivity index (χ2n) is 8.35. The zero-order chi connectivity index (χ0) is 26.8. The molecule has 0 saturated carbocycles. The van der Waals surface area contributed by atoms with E-state index in [1.54, 1.807) is 39.8 Å². The van der Waals surface area contributed by atoms with Crippen molar-refractivity contribution in [1.82, 2.24) is 34.6 Å². The smallest absolute Gasteiger partial charge is 0.286 e. The lowest BCUT2D eigenvalue weighted by Gasteiger charge is -2.29. The first-order valence-corrected chi connectivity index (χ1v) is 11.5. The van der Waals surface area contributed by atoms with E-state index in [1.807, 2.05) is 0 Å². The van der Waals surface area contributed by atoms with Gasteiger partial charge in [-0.05, 0) is 25.1 Å². The standard InChI is InChI=1S/C24H22F2N10O2/c1-2-15(25)23(34-8-9-35-20(13-34)30-31-24(35)22(28)37)29-21(27)18-11-19(17-7-10-38-33-17)36(32-18)12-14-5-3-4-6-16(14)26/h2-7,10-11,27H,8-9,12-13H2,1H3,(H2,28,37)/b15-2+,27-21?,29-23?. The normalized spacial score (nSPS) is 14.0. The number of hydrogen-bond acceptors (Lipinski definition) is 7. The van der Waals surface area contributed by atoms with Crippen molar-refractivity contribution in [2.24, 2.45) is 10.7 Å². The highest BCUT2D eigenvalue weighted by Gasteiger charge is 2.27. The van der Waals surface area contributed by atoms with Gasteiger partial charge in [0.1, 0.15) is 23.5 Å². The molecule has 0 unspecified atom stereocenters. The Bertz CT molecular complexity index is 1570. The van der Waals surface area contributed by atoms with Crippen LogP contribution >= 0.6 is 0 Å². The molecule has 0 aliphatic carbocycles. The number of aromatic nitrogens is 6. The summed E-state index contributed by atoms with van der Waals surface area (Å²) in [6, 6.07) is 9.45. The van der Waals surface area contributed by atoms with Gasteiger partial charge in [0.15, 0.2) is 23.3 Å². The first-order chi connectivity index (χ1) is 18.4. The van der Waals surface area contributed by atoms with Gasteiger partial charge in [-0.2, -0.15) is 5.10 Å². The molecule has 3 N–H and O–H groups in total. The van der Waals surface area contributed by atoms with Crippen molar-refractivity contribution in [3.63, 3.8) is 0 Å². The molecule has 0 saturated heterocycles. The molecule has 194 valence electrons. The predicted molar refractivity (Wildman–Crippen MR) is 131 cm³/mol. The van der Waals surface area contributed by atoms with Crippen LogP contribution in [-0.2, 0) is 19.6 Å². The van der Waals surface area contributed by atoms with Crippen LogP contribution in [-0.4, -0.2) is 58.7 Å². The number of nitrogens with zero attached hydrogens (tertiary/aromatic N) is 8. The molecule has 0 radical (unpaired) electrons. The SMILES string of the molecule is C/C=C(/F)C(=NC(=N)c1cc(-c2ccon2)n(Cc2ccccc2F)n1)N1CCn2c(nnc2C(N)=O)C1. The van der Waals surface area contributed by atoms with E-state index in [0.29, 0.717) is 22.8 Å². The zero-order valence-electron chi connectivity index (χ0n) is 20.2. The van der Waals surface area contributed by atoms with E-state index in [9.17, 15) is 13.6 Å². The number of hydrogen-bond donors (Lipinski definition) is 2. The molecule has 4 heterocycles. The highest BCUT2D eigenvalue weighted by molar-refractivity contribution is 6.08. The summed E-state index contributed by atoms with van der Waals surface area (Å²) in [5.74, 6) is -1.74. The second kappa shape index (κ2) is 10.2. The number of aliphatic imine (C=N–C) groups is 1. The van der Waals surface area contributed by atoms with Crippen LogP contribution in [0.25, 0.3) is 11.4 Å². The van der Waals surface area contributed by atoms with Crippen molar-refractivity contribution in [2.75, 3.05) is 6.54 Å². The number of benzene rings is 1. The van der Waals surface area contributed by atoms with Crippen molar-refractivity contribution >= 4 is 17.6 Å². The monoisotopic (exact) mass is 520 g/mol. The molecule has 4 aromatic rings. The number of fused-ring (bicyclic) bond motifs is 1. The summed E-state index contributed by atoms with van der Waals surface area (Å²) in [5.41, 5.74) is 6.75. The molecule has 1 aliphatic rings. The minimum Gasteiger partial charge on any atom is -0.364 e. The van der Waals surface area contributed by atoms with Gasteiger partial charge in [-0.3, -0.25) is 14.9 Å². The fraction of sp³-hybridized carbons (Fsp3) is 0.208. The average molecular weight is 521 g/mol. The molecule has 1 amide bonds. The Labute approximate surface area is 214 Å². The Hall–Kier alpha value is -5.01. The number of amidine groups is 2. The summed E-state index contributed by atoms with van der Waals surface area (Å²) in [6.45, 7) is 2.21. The van der Waals surface area contributed by atoms with Crippen LogP contribution in [0.4, 0.5) is 8.78 Å². The van der Waals surface area contributed by atoms with E-state index in [1.165, 1.54) is 30.0 Å². The maximum atomic E-state index is 15.0. The van der Waals surface area contributed by atoms with Crippen molar-refractivity contribution in [3.8, 4) is 11.4 Å². The van der Waals surface area contributed by atoms with Crippen LogP contribution in [0.3, 0.4) is 0 Å². The molecule has 1 aliphatic heterocycles. The zero-order valence-corrected chi connectivity index (χ0v) is 20.2. The Morgan fingerprint density at radius 2 is 2.08 bits per heavy atom. The van der Waals surface area contributed by atoms with Gasteiger partial charge in [-0.25, -0.2) is 13.8 Å². The number of rotatable bonds is 6. The van der Waals surface area contributed by atoms with Crippen molar-refractivity contribution in [2.45, 2.75) is 26.6 Å². The summed E-state index contributed by atoms with van der Waals surface area (Å²) >= 11 is 0. The first-order valence-electron chi connectivity index (χ1n) is 11.5. The molecule has 12 nitrogen and oxygen atoms in total. The van der Waals surface area contributed by atoms with E-state index in [-0.39, 0.29) is 49.4 Å². The Kier molecular flexibility index (Phi) is 6.60. The number of amides is 1. The topological polar surface area (TPSA) is 157 Å². The van der Waals surface area contributed by atoms with Gasteiger partial charge in [-0.15, -0.1) is 10.2 Å². The summed E-state index contributed by atoms with van der Waals surface area (Å²) < 4.78 is 37.3. The van der Waals surface area contributed by atoms with Crippen LogP contribution < -0.4 is 5.73 Å². The van der Waals surface area contributed by atoms with Gasteiger partial charge in [-0.1, -0.05) is 23.4 Å². The van der Waals surface area contributed by atoms with Gasteiger partial charge >= 0.3 is 0 Å². The Morgan fingerprint density at radius 3 is 2.79 bits per heavy atom. The summed E-state index contributed by atoms with van der Waals surface area (Å²) in [4.78, 5) is 17.4. The highest BCUT2D eigenvalue weighted by atomic mass is 19.1. The number of nitrogens with two attached hydrogens (primary N) is 1. The number of nitrogens with one attached hydrogen (secondary N) is 1. The van der Waals surface area contributed by atoms with Gasteiger partial charge in [0.05, 0.1) is 18.8 Å².